The molecule has 48 heavy (non-hydrogen) atoms. The van der Waals surface area contributed by atoms with E-state index in [4.69, 9.17) is 9.40 Å². The van der Waals surface area contributed by atoms with Crippen molar-refractivity contribution in [3.63, 3.8) is 0 Å². The first-order chi connectivity index (χ1) is 23.8. The summed E-state index contributed by atoms with van der Waals surface area (Å²) in [6.07, 6.45) is 0. The second-order valence-electron chi connectivity index (χ2n) is 12.3. The van der Waals surface area contributed by atoms with Gasteiger partial charge in [-0.05, 0) is 72.8 Å². The van der Waals surface area contributed by atoms with E-state index in [1.807, 2.05) is 53.0 Å². The van der Waals surface area contributed by atoms with Crippen LogP contribution in [0.3, 0.4) is 0 Å². The largest absolute Gasteiger partial charge is 0.435 e. The van der Waals surface area contributed by atoms with E-state index in [1.54, 1.807) is 0 Å². The maximum absolute atomic E-state index is 6.49. The molecule has 3 nitrogen and oxygen atoms in total. The van der Waals surface area contributed by atoms with Crippen molar-refractivity contribution in [2.24, 2.45) is 0 Å². The molecule has 3 heterocycles. The van der Waals surface area contributed by atoms with E-state index in [2.05, 4.69) is 120 Å². The van der Waals surface area contributed by atoms with Crippen molar-refractivity contribution in [2.45, 2.75) is 0 Å². The second-order valence-corrected chi connectivity index (χ2v) is 14.5. The van der Waals surface area contributed by atoms with Gasteiger partial charge in [-0.3, -0.25) is 0 Å². The molecular formula is C43H24N2OS2. The van der Waals surface area contributed by atoms with Gasteiger partial charge in [-0.1, -0.05) is 72.8 Å². The third kappa shape index (κ3) is 3.71. The molecule has 0 fully saturated rings. The minimum Gasteiger partial charge on any atom is -0.435 e. The molecule has 0 amide bonds. The standard InChI is InChI=1S/C43H24N2OS2/c1-2-9-25(10-3-1)43-44-41-31-19-20-35(30-13-8-14-32(40(30)31)42(41)46-43)45(26-17-21-38-33(23-26)28-11-4-6-15-36(28)47-38)27-18-22-39-34(24-27)29-12-5-7-16-37(29)48-39/h1-24H. The van der Waals surface area contributed by atoms with Crippen LogP contribution >= 0.6 is 22.7 Å². The fourth-order valence-electron chi connectivity index (χ4n) is 7.50. The lowest BCUT2D eigenvalue weighted by molar-refractivity contribution is 0.590. The predicted molar refractivity (Wildman–Crippen MR) is 204 cm³/mol. The predicted octanol–water partition coefficient (Wildman–Crippen LogP) is 13.3. The molecule has 224 valence electrons. The molecule has 0 N–H and O–H groups in total. The number of rotatable bonds is 4. The Bertz CT molecular complexity index is 2770. The maximum atomic E-state index is 6.49. The normalized spacial score (nSPS) is 12.2. The molecular weight excluding hydrogens is 625 g/mol. The first-order valence-electron chi connectivity index (χ1n) is 16.0. The van der Waals surface area contributed by atoms with Crippen molar-refractivity contribution in [1.29, 1.82) is 0 Å². The molecule has 1 aliphatic carbocycles. The number of anilines is 3. The highest BCUT2D eigenvalue weighted by atomic mass is 32.1. The molecule has 0 aliphatic heterocycles. The Morgan fingerprint density at radius 3 is 1.77 bits per heavy atom. The summed E-state index contributed by atoms with van der Waals surface area (Å²) in [4.78, 5) is 7.46. The summed E-state index contributed by atoms with van der Waals surface area (Å²) >= 11 is 3.70. The van der Waals surface area contributed by atoms with Gasteiger partial charge in [-0.2, -0.15) is 0 Å². The van der Waals surface area contributed by atoms with Gasteiger partial charge in [0.05, 0.1) is 5.69 Å². The Morgan fingerprint density at radius 1 is 0.479 bits per heavy atom. The molecule has 0 unspecified atom stereocenters. The third-order valence-electron chi connectivity index (χ3n) is 9.64. The topological polar surface area (TPSA) is 29.3 Å². The molecule has 11 rings (SSSR count). The summed E-state index contributed by atoms with van der Waals surface area (Å²) in [5.74, 6) is 1.50. The van der Waals surface area contributed by atoms with Crippen molar-refractivity contribution >= 4 is 90.9 Å². The second kappa shape index (κ2) is 9.88. The zero-order valence-corrected chi connectivity index (χ0v) is 27.1. The minimum atomic E-state index is 0.654. The van der Waals surface area contributed by atoms with E-state index in [1.165, 1.54) is 51.1 Å². The quantitative estimate of drug-likeness (QED) is 0.190. The monoisotopic (exact) mass is 648 g/mol. The van der Waals surface area contributed by atoms with Crippen LogP contribution in [0.1, 0.15) is 0 Å². The number of oxazole rings is 1. The van der Waals surface area contributed by atoms with Gasteiger partial charge in [0, 0.05) is 79.2 Å². The van der Waals surface area contributed by atoms with E-state index in [-0.39, 0.29) is 0 Å². The van der Waals surface area contributed by atoms with E-state index < -0.39 is 0 Å². The van der Waals surface area contributed by atoms with Gasteiger partial charge >= 0.3 is 0 Å². The van der Waals surface area contributed by atoms with Crippen molar-refractivity contribution in [1.82, 2.24) is 4.98 Å². The van der Waals surface area contributed by atoms with E-state index >= 15 is 0 Å². The average Bonchev–Trinajstić information content (AvgIpc) is 3.90. The number of fused-ring (bicyclic) bond motifs is 9. The Labute approximate surface area is 283 Å². The Hall–Kier alpha value is -5.75. The van der Waals surface area contributed by atoms with Gasteiger partial charge in [0.25, 0.3) is 0 Å². The van der Waals surface area contributed by atoms with Gasteiger partial charge < -0.3 is 9.32 Å². The number of thiophene rings is 2. The third-order valence-corrected chi connectivity index (χ3v) is 11.9. The smallest absolute Gasteiger partial charge is 0.227 e. The summed E-state index contributed by atoms with van der Waals surface area (Å²) in [5.41, 5.74) is 7.49. The summed E-state index contributed by atoms with van der Waals surface area (Å²) in [6.45, 7) is 0. The van der Waals surface area contributed by atoms with Gasteiger partial charge in [-0.15, -0.1) is 22.7 Å². The molecule has 0 saturated heterocycles. The molecule has 0 radical (unpaired) electrons. The molecule has 0 bridgehead atoms. The van der Waals surface area contributed by atoms with Crippen LogP contribution in [0, 0.1) is 0 Å². The SMILES string of the molecule is c1ccc(-c2nc3c(o2)-c2cccc4c(N(c5ccc6sc7ccccc7c6c5)c5ccc6sc7ccccc7c6c5)ccc-3c24)cc1. The highest BCUT2D eigenvalue weighted by molar-refractivity contribution is 7.26. The van der Waals surface area contributed by atoms with Gasteiger partial charge in [-0.25, -0.2) is 4.98 Å². The van der Waals surface area contributed by atoms with E-state index in [0.717, 1.165) is 45.2 Å². The number of nitrogens with zero attached hydrogens (tertiary/aromatic N) is 2. The molecule has 7 aromatic carbocycles. The lowest BCUT2D eigenvalue weighted by atomic mass is 10.0. The summed E-state index contributed by atoms with van der Waals surface area (Å²) in [7, 11) is 0. The van der Waals surface area contributed by atoms with Crippen LogP contribution in [0.15, 0.2) is 150 Å². The lowest BCUT2D eigenvalue weighted by Crippen LogP contribution is -2.10. The molecule has 3 aromatic heterocycles. The van der Waals surface area contributed by atoms with Crippen LogP contribution in [0.25, 0.3) is 85.2 Å². The number of hydrogen-bond donors (Lipinski definition) is 0. The molecule has 1 aliphatic rings. The highest BCUT2D eigenvalue weighted by Gasteiger charge is 2.30. The molecule has 5 heteroatoms. The van der Waals surface area contributed by atoms with Crippen LogP contribution in [0.2, 0.25) is 0 Å². The zero-order chi connectivity index (χ0) is 31.3. The number of hydrogen-bond acceptors (Lipinski definition) is 5. The van der Waals surface area contributed by atoms with Gasteiger partial charge in [0.1, 0.15) is 5.69 Å². The van der Waals surface area contributed by atoms with Crippen molar-refractivity contribution < 1.29 is 4.42 Å². The fourth-order valence-corrected chi connectivity index (χ4v) is 9.67. The van der Waals surface area contributed by atoms with Gasteiger partial charge in [0.15, 0.2) is 5.76 Å². The summed E-state index contributed by atoms with van der Waals surface area (Å²) in [6, 6.07) is 52.5. The van der Waals surface area contributed by atoms with E-state index in [0.29, 0.717) is 5.89 Å². The van der Waals surface area contributed by atoms with Crippen LogP contribution in [-0.2, 0) is 0 Å². The van der Waals surface area contributed by atoms with Gasteiger partial charge in [0.2, 0.25) is 5.89 Å². The number of benzene rings is 7. The zero-order valence-electron chi connectivity index (χ0n) is 25.5. The van der Waals surface area contributed by atoms with Crippen molar-refractivity contribution in [2.75, 3.05) is 4.90 Å². The molecule has 0 atom stereocenters. The van der Waals surface area contributed by atoms with Crippen molar-refractivity contribution in [3.8, 4) is 34.0 Å². The molecule has 0 saturated carbocycles. The van der Waals surface area contributed by atoms with E-state index in [9.17, 15) is 0 Å². The molecule has 0 spiro atoms. The van der Waals surface area contributed by atoms with Crippen LogP contribution in [-0.4, -0.2) is 4.98 Å². The maximum Gasteiger partial charge on any atom is 0.227 e. The Balaban J connectivity index is 1.16. The minimum absolute atomic E-state index is 0.654. The lowest BCUT2D eigenvalue weighted by Gasteiger charge is -2.27. The highest BCUT2D eigenvalue weighted by Crippen LogP contribution is 2.52. The Morgan fingerprint density at radius 2 is 1.08 bits per heavy atom. The van der Waals surface area contributed by atoms with Crippen LogP contribution < -0.4 is 4.90 Å². The first kappa shape index (κ1) is 26.3. The Kier molecular flexibility index (Phi) is 5.42. The number of aromatic nitrogens is 1. The first-order valence-corrected chi connectivity index (χ1v) is 17.7. The van der Waals surface area contributed by atoms with Crippen molar-refractivity contribution in [3.05, 3.63) is 146 Å². The van der Waals surface area contributed by atoms with Crippen LogP contribution in [0.5, 0.6) is 0 Å². The molecule has 10 aromatic rings. The summed E-state index contributed by atoms with van der Waals surface area (Å²) in [5, 5.41) is 7.51. The fraction of sp³-hybridized carbons (Fsp3) is 0. The summed E-state index contributed by atoms with van der Waals surface area (Å²) < 4.78 is 11.7. The van der Waals surface area contributed by atoms with Crippen LogP contribution in [0.4, 0.5) is 17.1 Å². The average molecular weight is 649 g/mol.